The number of aromatic nitrogens is 6. The summed E-state index contributed by atoms with van der Waals surface area (Å²) in [7, 11) is 0. The Hall–Kier alpha value is -6.77. The number of nitrogens with zero attached hydrogens (tertiary/aromatic N) is 6. The smallest absolute Gasteiger partial charge is 0.335 e. The molecule has 8 aromatic rings. The van der Waals surface area contributed by atoms with Crippen molar-refractivity contribution in [3.63, 3.8) is 0 Å². The second-order valence-corrected chi connectivity index (χ2v) is 16.6. The van der Waals surface area contributed by atoms with Gasteiger partial charge in [0, 0.05) is 88.8 Å². The molecule has 0 aliphatic carbocycles. The molecule has 0 saturated carbocycles. The third-order valence-corrected chi connectivity index (χ3v) is 10.9. The normalized spacial score (nSPS) is 10.6. The number of halogens is 3. The number of carboxylic acid groups (broad SMARTS) is 1. The van der Waals surface area contributed by atoms with Crippen LogP contribution >= 0.6 is 35.6 Å². The van der Waals surface area contributed by atoms with Gasteiger partial charge in [-0.05, 0) is 148 Å². The van der Waals surface area contributed by atoms with E-state index in [2.05, 4.69) is 41.3 Å². The molecule has 0 unspecified atom stereocenters. The first-order chi connectivity index (χ1) is 30.9. The molecule has 0 saturated heterocycles. The number of carbonyl (C=O) groups is 2. The Balaban J connectivity index is 0.000000207. The van der Waals surface area contributed by atoms with Crippen LogP contribution in [0.3, 0.4) is 0 Å². The zero-order valence-corrected chi connectivity index (χ0v) is 39.7. The number of anilines is 2. The fourth-order valence-electron chi connectivity index (χ4n) is 7.48. The van der Waals surface area contributed by atoms with Crippen LogP contribution in [-0.2, 0) is 25.9 Å². The van der Waals surface area contributed by atoms with Crippen molar-refractivity contribution in [3.05, 3.63) is 186 Å². The minimum Gasteiger partial charge on any atom is -0.478 e. The Bertz CT molecular complexity index is 3030. The largest absolute Gasteiger partial charge is 0.478 e. The third kappa shape index (κ3) is 13.4. The molecular formula is C50H51Cl3N10O3. The number of rotatable bonds is 9. The molecule has 0 aliphatic rings. The van der Waals surface area contributed by atoms with Crippen LogP contribution in [-0.4, -0.2) is 46.9 Å². The van der Waals surface area contributed by atoms with Crippen LogP contribution in [0.4, 0.5) is 11.6 Å². The number of nitrogens with two attached hydrogens (primary N) is 3. The molecule has 6 aromatic heterocycles. The van der Waals surface area contributed by atoms with Gasteiger partial charge in [0.2, 0.25) is 0 Å². The molecule has 66 heavy (non-hydrogen) atoms. The van der Waals surface area contributed by atoms with Crippen molar-refractivity contribution < 1.29 is 14.7 Å². The minimum atomic E-state index is -0.943. The second kappa shape index (κ2) is 22.4. The number of aryl methyl sites for hydroxylation is 6. The summed E-state index contributed by atoms with van der Waals surface area (Å²) in [6.45, 7) is 12.4. The Labute approximate surface area is 399 Å². The SMILES string of the molecule is Cc1cc(C(=O)NCc2c(C)cc(N)nc2C)cc(Cc2ccc3ncc(Cl)cc3c2)n1.Cc1cc(C(=O)O)cc(Cc2ccc3ncc(Cl)cc3c2)n1.Cc1cc(N)nc(C)c1CN.Cl. The van der Waals surface area contributed by atoms with Gasteiger partial charge in [-0.15, -0.1) is 12.4 Å². The molecular weight excluding hydrogens is 895 g/mol. The van der Waals surface area contributed by atoms with Crippen molar-refractivity contribution in [2.45, 2.75) is 67.5 Å². The molecule has 2 aromatic carbocycles. The van der Waals surface area contributed by atoms with Crippen molar-refractivity contribution in [1.29, 1.82) is 0 Å². The molecule has 0 spiro atoms. The lowest BCUT2D eigenvalue weighted by molar-refractivity contribution is 0.0696. The average Bonchev–Trinajstić information content (AvgIpc) is 3.23. The van der Waals surface area contributed by atoms with Gasteiger partial charge < -0.3 is 27.6 Å². The highest BCUT2D eigenvalue weighted by Gasteiger charge is 2.13. The molecule has 0 bridgehead atoms. The van der Waals surface area contributed by atoms with Gasteiger partial charge >= 0.3 is 5.97 Å². The number of amides is 1. The quantitative estimate of drug-likeness (QED) is 0.0913. The topological polar surface area (TPSA) is 222 Å². The second-order valence-electron chi connectivity index (χ2n) is 15.7. The highest BCUT2D eigenvalue weighted by Crippen LogP contribution is 2.23. The predicted octanol–water partition coefficient (Wildman–Crippen LogP) is 9.75. The number of hydrogen-bond acceptors (Lipinski definition) is 11. The molecule has 340 valence electrons. The number of aromatic carboxylic acids is 1. The van der Waals surface area contributed by atoms with Gasteiger partial charge in [-0.25, -0.2) is 14.8 Å². The molecule has 0 atom stereocenters. The van der Waals surface area contributed by atoms with Gasteiger partial charge in [0.15, 0.2) is 0 Å². The summed E-state index contributed by atoms with van der Waals surface area (Å²) in [6.07, 6.45) is 4.42. The van der Waals surface area contributed by atoms with Crippen LogP contribution in [0.15, 0.2) is 97.3 Å². The molecule has 1 amide bonds. The standard InChI is InChI=1S/C25H24ClN5O.C17H13ClN2O2.C8H13N3.ClH/c1-14-6-24(27)31-16(3)22(14)13-29-25(32)19-7-15(2)30-21(11-19)9-17-4-5-23-18(8-17)10-20(26)12-28-23;1-10-4-13(17(21)22)8-15(20-10)6-11-2-3-16-12(5-11)7-14(18)9-19-16;1-5-3-8(10)11-6(2)7(5)4-9;/h4-8,10-12H,9,13H2,1-3H3,(H2,27,31)(H,29,32);2-5,7-9H,6H2,1H3,(H,21,22);3H,4,9H2,1-2H3,(H2,10,11);1H. The maximum atomic E-state index is 12.9. The molecule has 16 heteroatoms. The highest BCUT2D eigenvalue weighted by molar-refractivity contribution is 6.31. The van der Waals surface area contributed by atoms with Crippen LogP contribution < -0.4 is 22.5 Å². The van der Waals surface area contributed by atoms with Crippen LogP contribution in [0, 0.1) is 41.5 Å². The summed E-state index contributed by atoms with van der Waals surface area (Å²) in [4.78, 5) is 50.0. The van der Waals surface area contributed by atoms with E-state index in [1.54, 1.807) is 37.5 Å². The van der Waals surface area contributed by atoms with Crippen molar-refractivity contribution in [2.24, 2.45) is 5.73 Å². The van der Waals surface area contributed by atoms with Crippen LogP contribution in [0.2, 0.25) is 10.0 Å². The van der Waals surface area contributed by atoms with Gasteiger partial charge in [-0.1, -0.05) is 35.3 Å². The van der Waals surface area contributed by atoms with Gasteiger partial charge in [-0.2, -0.15) is 0 Å². The zero-order chi connectivity index (χ0) is 46.9. The van der Waals surface area contributed by atoms with Crippen molar-refractivity contribution >= 4 is 80.9 Å². The molecule has 8 rings (SSSR count). The molecule has 6 heterocycles. The Kier molecular flexibility index (Phi) is 17.1. The van der Waals surface area contributed by atoms with Crippen LogP contribution in [0.1, 0.15) is 88.3 Å². The van der Waals surface area contributed by atoms with Gasteiger partial charge in [-0.3, -0.25) is 24.7 Å². The summed E-state index contributed by atoms with van der Waals surface area (Å²) in [5, 5.41) is 15.2. The summed E-state index contributed by atoms with van der Waals surface area (Å²) in [5.74, 6) is -0.0449. The van der Waals surface area contributed by atoms with E-state index in [9.17, 15) is 9.59 Å². The summed E-state index contributed by atoms with van der Waals surface area (Å²) in [5.41, 5.74) is 30.5. The summed E-state index contributed by atoms with van der Waals surface area (Å²) < 4.78 is 0. The Morgan fingerprint density at radius 2 is 1.06 bits per heavy atom. The van der Waals surface area contributed by atoms with E-state index in [0.29, 0.717) is 58.9 Å². The first kappa shape index (κ1) is 50.2. The van der Waals surface area contributed by atoms with E-state index in [1.807, 2.05) is 95.3 Å². The molecule has 0 fully saturated rings. The van der Waals surface area contributed by atoms with Crippen molar-refractivity contribution in [2.75, 3.05) is 11.5 Å². The van der Waals surface area contributed by atoms with E-state index in [-0.39, 0.29) is 23.9 Å². The van der Waals surface area contributed by atoms with E-state index < -0.39 is 5.97 Å². The third-order valence-electron chi connectivity index (χ3n) is 10.5. The molecule has 13 nitrogen and oxygen atoms in total. The number of pyridine rings is 6. The number of fused-ring (bicyclic) bond motifs is 2. The van der Waals surface area contributed by atoms with E-state index >= 15 is 0 Å². The summed E-state index contributed by atoms with van der Waals surface area (Å²) >= 11 is 12.0. The minimum absolute atomic E-state index is 0. The van der Waals surface area contributed by atoms with Gasteiger partial charge in [0.05, 0.1) is 26.6 Å². The number of nitrogen functional groups attached to an aromatic ring is 2. The Morgan fingerprint density at radius 3 is 1.52 bits per heavy atom. The molecule has 8 N–H and O–H groups in total. The van der Waals surface area contributed by atoms with E-state index in [4.69, 9.17) is 45.5 Å². The molecule has 0 radical (unpaired) electrons. The van der Waals surface area contributed by atoms with E-state index in [1.165, 1.54) is 0 Å². The summed E-state index contributed by atoms with van der Waals surface area (Å²) in [6, 6.07) is 26.1. The maximum absolute atomic E-state index is 12.9. The highest BCUT2D eigenvalue weighted by atomic mass is 35.5. The van der Waals surface area contributed by atoms with Crippen LogP contribution in [0.25, 0.3) is 21.8 Å². The number of carboxylic acids is 1. The first-order valence-corrected chi connectivity index (χ1v) is 21.4. The number of nitrogens with one attached hydrogen (secondary N) is 1. The van der Waals surface area contributed by atoms with Gasteiger partial charge in [0.1, 0.15) is 11.6 Å². The zero-order valence-electron chi connectivity index (χ0n) is 37.4. The Morgan fingerprint density at radius 1 is 0.606 bits per heavy atom. The monoisotopic (exact) mass is 944 g/mol. The van der Waals surface area contributed by atoms with E-state index in [0.717, 1.165) is 83.7 Å². The first-order valence-electron chi connectivity index (χ1n) is 20.6. The number of hydrogen-bond donors (Lipinski definition) is 5. The average molecular weight is 946 g/mol. The number of carbonyl (C=O) groups excluding carboxylic acids is 1. The number of benzene rings is 2. The van der Waals surface area contributed by atoms with Crippen molar-refractivity contribution in [3.8, 4) is 0 Å². The van der Waals surface area contributed by atoms with Gasteiger partial charge in [0.25, 0.3) is 5.91 Å². The molecule has 0 aliphatic heterocycles. The van der Waals surface area contributed by atoms with Crippen LogP contribution in [0.5, 0.6) is 0 Å². The lowest BCUT2D eigenvalue weighted by Crippen LogP contribution is -2.24. The lowest BCUT2D eigenvalue weighted by atomic mass is 10.0. The lowest BCUT2D eigenvalue weighted by Gasteiger charge is -2.12. The van der Waals surface area contributed by atoms with Crippen molar-refractivity contribution in [1.82, 2.24) is 35.2 Å². The predicted molar refractivity (Wildman–Crippen MR) is 267 cm³/mol. The fraction of sp³-hybridized carbons (Fsp3) is 0.200. The fourth-order valence-corrected chi connectivity index (χ4v) is 7.81. The maximum Gasteiger partial charge on any atom is 0.335 e.